The Morgan fingerprint density at radius 2 is 1.69 bits per heavy atom. The molecule has 12 heteroatoms. The van der Waals surface area contributed by atoms with E-state index >= 15 is 0 Å². The quantitative estimate of drug-likeness (QED) is 0.395. The number of benzene rings is 3. The number of nitrogens with one attached hydrogen (secondary N) is 1. The van der Waals surface area contributed by atoms with Gasteiger partial charge in [-0.05, 0) is 35.9 Å². The van der Waals surface area contributed by atoms with Gasteiger partial charge in [0.15, 0.2) is 18.1 Å². The summed E-state index contributed by atoms with van der Waals surface area (Å²) in [5.41, 5.74) is 0.648. The Kier molecular flexibility index (Phi) is 8.47. The lowest BCUT2D eigenvalue weighted by atomic mass is 10.2. The third-order valence-corrected chi connectivity index (χ3v) is 7.56. The van der Waals surface area contributed by atoms with E-state index in [4.69, 9.17) is 18.9 Å². The third kappa shape index (κ3) is 6.54. The summed E-state index contributed by atoms with van der Waals surface area (Å²) in [5, 5.41) is 2.10. The number of carbonyl (C=O) groups excluding carboxylic acids is 3. The molecule has 3 aromatic carbocycles. The number of rotatable bonds is 9. The minimum atomic E-state index is -4.07. The van der Waals surface area contributed by atoms with Crippen LogP contribution in [0.4, 0.5) is 0 Å². The number of sulfonamides is 1. The minimum absolute atomic E-state index is 0.0334. The van der Waals surface area contributed by atoms with E-state index in [0.717, 1.165) is 15.9 Å². The molecule has 0 aliphatic carbocycles. The molecule has 4 rings (SSSR count). The molecule has 2 amide bonds. The van der Waals surface area contributed by atoms with Crippen molar-refractivity contribution in [2.75, 3.05) is 27.4 Å². The molecule has 11 nitrogen and oxygen atoms in total. The maximum atomic E-state index is 13.3. The molecular weight excluding hydrogens is 528 g/mol. The molecule has 1 N–H and O–H groups in total. The molecule has 204 valence electrons. The highest BCUT2D eigenvalue weighted by Gasteiger charge is 2.29. The lowest BCUT2D eigenvalue weighted by molar-refractivity contribution is -0.137. The first kappa shape index (κ1) is 27.6. The zero-order chi connectivity index (χ0) is 28.0. The number of ether oxygens (including phenoxy) is 4. The maximum absolute atomic E-state index is 13.3. The van der Waals surface area contributed by atoms with Crippen molar-refractivity contribution in [2.45, 2.75) is 17.5 Å². The second kappa shape index (κ2) is 12.0. The van der Waals surface area contributed by atoms with Gasteiger partial charge < -0.3 is 18.9 Å². The van der Waals surface area contributed by atoms with Crippen molar-refractivity contribution in [1.29, 1.82) is 0 Å². The largest absolute Gasteiger partial charge is 0.495 e. The number of esters is 1. The molecular formula is C27H26N2O9S. The first-order chi connectivity index (χ1) is 18.7. The molecule has 0 saturated carbocycles. The van der Waals surface area contributed by atoms with Crippen molar-refractivity contribution < 1.29 is 41.7 Å². The first-order valence-electron chi connectivity index (χ1n) is 11.8. The molecule has 0 spiro atoms. The van der Waals surface area contributed by atoms with Crippen molar-refractivity contribution >= 4 is 27.8 Å². The Labute approximate surface area is 225 Å². The number of fused-ring (bicyclic) bond motifs is 1. The average Bonchev–Trinajstić information content (AvgIpc) is 2.95. The number of para-hydroxylation sites is 2. The van der Waals surface area contributed by atoms with Gasteiger partial charge in [0, 0.05) is 13.6 Å². The van der Waals surface area contributed by atoms with Crippen molar-refractivity contribution in [3.8, 4) is 17.2 Å². The highest BCUT2D eigenvalue weighted by Crippen LogP contribution is 2.31. The van der Waals surface area contributed by atoms with Gasteiger partial charge in [-0.1, -0.05) is 42.5 Å². The van der Waals surface area contributed by atoms with Crippen LogP contribution in [0.25, 0.3) is 0 Å². The van der Waals surface area contributed by atoms with Crippen molar-refractivity contribution in [2.24, 2.45) is 0 Å². The fourth-order valence-corrected chi connectivity index (χ4v) is 5.05. The van der Waals surface area contributed by atoms with Gasteiger partial charge in [-0.25, -0.2) is 13.2 Å². The van der Waals surface area contributed by atoms with Crippen LogP contribution in [-0.2, 0) is 30.9 Å². The molecule has 39 heavy (non-hydrogen) atoms. The number of carbonyl (C=O) groups is 3. The van der Waals surface area contributed by atoms with E-state index in [9.17, 15) is 22.8 Å². The molecule has 0 aromatic heterocycles. The number of hydrogen-bond donors (Lipinski definition) is 1. The van der Waals surface area contributed by atoms with Crippen LogP contribution in [0.5, 0.6) is 17.2 Å². The monoisotopic (exact) mass is 554 g/mol. The van der Waals surface area contributed by atoms with Crippen molar-refractivity contribution in [3.63, 3.8) is 0 Å². The molecule has 0 unspecified atom stereocenters. The van der Waals surface area contributed by atoms with Gasteiger partial charge in [0.1, 0.15) is 17.3 Å². The van der Waals surface area contributed by atoms with E-state index < -0.39 is 40.5 Å². The van der Waals surface area contributed by atoms with Crippen LogP contribution in [0.1, 0.15) is 15.9 Å². The van der Waals surface area contributed by atoms with Crippen LogP contribution < -0.4 is 19.5 Å². The van der Waals surface area contributed by atoms with E-state index in [2.05, 4.69) is 5.32 Å². The molecule has 0 bridgehead atoms. The van der Waals surface area contributed by atoms with E-state index in [1.165, 1.54) is 26.3 Å². The first-order valence-corrected chi connectivity index (χ1v) is 13.2. The molecule has 3 aromatic rings. The number of amides is 2. The lowest BCUT2D eigenvalue weighted by Gasteiger charge is -2.25. The lowest BCUT2D eigenvalue weighted by Crippen LogP contribution is -2.47. The van der Waals surface area contributed by atoms with Gasteiger partial charge in [-0.15, -0.1) is 0 Å². The van der Waals surface area contributed by atoms with Crippen LogP contribution in [-0.4, -0.2) is 64.0 Å². The van der Waals surface area contributed by atoms with Gasteiger partial charge in [-0.2, -0.15) is 4.31 Å². The second-order valence-corrected chi connectivity index (χ2v) is 10.5. The number of imide groups is 1. The van der Waals surface area contributed by atoms with Crippen LogP contribution in [0, 0.1) is 0 Å². The Balaban J connectivity index is 1.38. The fourth-order valence-electron chi connectivity index (χ4n) is 3.72. The predicted molar refractivity (Wildman–Crippen MR) is 138 cm³/mol. The maximum Gasteiger partial charge on any atom is 0.338 e. The number of hydrogen-bond acceptors (Lipinski definition) is 9. The van der Waals surface area contributed by atoms with E-state index in [1.54, 1.807) is 48.5 Å². The minimum Gasteiger partial charge on any atom is -0.495 e. The third-order valence-electron chi connectivity index (χ3n) is 5.73. The Hall–Kier alpha value is -4.42. The summed E-state index contributed by atoms with van der Waals surface area (Å²) < 4.78 is 48.9. The van der Waals surface area contributed by atoms with Crippen LogP contribution in [0.3, 0.4) is 0 Å². The SMILES string of the molecule is COc1ccc(C(=O)OCC(=O)NC(=O)[C@@H]2COc3ccccc3O2)cc1S(=O)(=O)N(C)Cc1ccccc1. The van der Waals surface area contributed by atoms with Gasteiger partial charge >= 0.3 is 5.97 Å². The predicted octanol–water partition coefficient (Wildman–Crippen LogP) is 2.16. The molecule has 1 aliphatic heterocycles. The average molecular weight is 555 g/mol. The van der Waals surface area contributed by atoms with Gasteiger partial charge in [0.2, 0.25) is 16.1 Å². The Morgan fingerprint density at radius 1 is 1.00 bits per heavy atom. The highest BCUT2D eigenvalue weighted by molar-refractivity contribution is 7.89. The normalized spacial score (nSPS) is 14.4. The van der Waals surface area contributed by atoms with E-state index in [0.29, 0.717) is 11.5 Å². The van der Waals surface area contributed by atoms with Gasteiger partial charge in [0.25, 0.3) is 11.8 Å². The van der Waals surface area contributed by atoms with Crippen LogP contribution in [0.15, 0.2) is 77.7 Å². The second-order valence-electron chi connectivity index (χ2n) is 8.47. The van der Waals surface area contributed by atoms with E-state index in [-0.39, 0.29) is 29.4 Å². The molecule has 1 atom stereocenters. The summed E-state index contributed by atoms with van der Waals surface area (Å²) >= 11 is 0. The molecule has 0 saturated heterocycles. The summed E-state index contributed by atoms with van der Waals surface area (Å²) in [6, 6.07) is 19.5. The highest BCUT2D eigenvalue weighted by atomic mass is 32.2. The Bertz CT molecular complexity index is 1480. The van der Waals surface area contributed by atoms with Crippen molar-refractivity contribution in [1.82, 2.24) is 9.62 Å². The smallest absolute Gasteiger partial charge is 0.338 e. The van der Waals surface area contributed by atoms with Crippen molar-refractivity contribution in [3.05, 3.63) is 83.9 Å². The van der Waals surface area contributed by atoms with Gasteiger partial charge in [-0.3, -0.25) is 14.9 Å². The van der Waals surface area contributed by atoms with Gasteiger partial charge in [0.05, 0.1) is 12.7 Å². The van der Waals surface area contributed by atoms with Crippen LogP contribution in [0.2, 0.25) is 0 Å². The van der Waals surface area contributed by atoms with E-state index in [1.807, 2.05) is 6.07 Å². The molecule has 0 radical (unpaired) electrons. The number of nitrogens with zero attached hydrogens (tertiary/aromatic N) is 1. The molecule has 1 aliphatic rings. The summed E-state index contributed by atoms with van der Waals surface area (Å²) in [7, 11) is -1.35. The standard InChI is InChI=1S/C27H26N2O9S/c1-29(15-18-8-4-3-5-9-18)39(33,34)24-14-19(12-13-22(24)35-2)27(32)37-17-25(30)28-26(31)23-16-36-20-10-6-7-11-21(20)38-23/h3-14,23H,15-17H2,1-2H3,(H,28,30,31)/t23-/m0/s1. The summed E-state index contributed by atoms with van der Waals surface area (Å²) in [4.78, 5) is 37.0. The Morgan fingerprint density at radius 3 is 2.41 bits per heavy atom. The summed E-state index contributed by atoms with van der Waals surface area (Å²) in [6.07, 6.45) is -1.07. The molecule has 0 fully saturated rings. The zero-order valence-electron chi connectivity index (χ0n) is 21.2. The summed E-state index contributed by atoms with van der Waals surface area (Å²) in [6.45, 7) is -0.787. The zero-order valence-corrected chi connectivity index (χ0v) is 22.0. The summed E-state index contributed by atoms with van der Waals surface area (Å²) in [5.74, 6) is -1.74. The molecule has 1 heterocycles. The topological polar surface area (TPSA) is 138 Å². The van der Waals surface area contributed by atoms with Crippen LogP contribution >= 0.6 is 0 Å². The number of methoxy groups -OCH3 is 1. The fraction of sp³-hybridized carbons (Fsp3) is 0.222.